The Hall–Kier alpha value is -1.24. The van der Waals surface area contributed by atoms with Crippen molar-refractivity contribution in [3.8, 4) is 0 Å². The largest absolute Gasteiger partial charge is 0.357 e. The molecule has 0 radical (unpaired) electrons. The number of nitrogens with zero attached hydrogens (tertiary/aromatic N) is 4. The van der Waals surface area contributed by atoms with Crippen LogP contribution in [-0.4, -0.2) is 52.6 Å². The lowest BCUT2D eigenvalue weighted by molar-refractivity contribution is 0.568. The minimum atomic E-state index is 0.646. The maximum absolute atomic E-state index is 4.61. The van der Waals surface area contributed by atoms with E-state index in [1.807, 2.05) is 18.8 Å². The van der Waals surface area contributed by atoms with Crippen molar-refractivity contribution in [3.63, 3.8) is 0 Å². The van der Waals surface area contributed by atoms with E-state index in [0.717, 1.165) is 25.6 Å². The van der Waals surface area contributed by atoms with Gasteiger partial charge in [-0.1, -0.05) is 0 Å². The molecule has 0 aromatic carbocycles. The van der Waals surface area contributed by atoms with Crippen LogP contribution in [0.3, 0.4) is 0 Å². The summed E-state index contributed by atoms with van der Waals surface area (Å²) >= 11 is 2.04. The quantitative estimate of drug-likeness (QED) is 0.864. The van der Waals surface area contributed by atoms with Gasteiger partial charge in [0, 0.05) is 31.9 Å². The number of hydrogen-bond acceptors (Lipinski definition) is 7. The molecule has 0 spiro atoms. The van der Waals surface area contributed by atoms with Gasteiger partial charge in [0.1, 0.15) is 0 Å². The van der Waals surface area contributed by atoms with E-state index in [1.54, 1.807) is 0 Å². The molecule has 0 aliphatic carbocycles. The summed E-state index contributed by atoms with van der Waals surface area (Å²) < 4.78 is 0. The van der Waals surface area contributed by atoms with Crippen LogP contribution in [0, 0.1) is 0 Å². The van der Waals surface area contributed by atoms with Crippen molar-refractivity contribution < 1.29 is 0 Å². The van der Waals surface area contributed by atoms with E-state index in [9.17, 15) is 0 Å². The summed E-state index contributed by atoms with van der Waals surface area (Å²) in [5.41, 5.74) is 0. The number of nitrogens with one attached hydrogen (secondary N) is 2. The molecule has 6 nitrogen and oxygen atoms in total. The van der Waals surface area contributed by atoms with Crippen LogP contribution in [0.25, 0.3) is 0 Å². The van der Waals surface area contributed by atoms with Crippen LogP contribution in [0.2, 0.25) is 0 Å². The van der Waals surface area contributed by atoms with Gasteiger partial charge in [-0.25, -0.2) is 0 Å². The summed E-state index contributed by atoms with van der Waals surface area (Å²) in [6.07, 6.45) is 6.38. The topological polar surface area (TPSA) is 66.0 Å². The lowest BCUT2D eigenvalue weighted by Crippen LogP contribution is -2.31. The highest BCUT2D eigenvalue weighted by Gasteiger charge is 2.18. The van der Waals surface area contributed by atoms with Crippen LogP contribution in [0.4, 0.5) is 17.8 Å². The molecular formula is C14H24N6S. The standard InChI is InChI=1S/C14H24N6S/c1-15-12-17-13(16-10-11-6-5-9-21-11)19-14(18-12)20-7-3-2-4-8-20/h11H,2-10H2,1H3,(H2,15,16,17,18,19). The Morgan fingerprint density at radius 2 is 1.90 bits per heavy atom. The van der Waals surface area contributed by atoms with Crippen LogP contribution < -0.4 is 15.5 Å². The normalized spacial score (nSPS) is 22.3. The van der Waals surface area contributed by atoms with Crippen molar-refractivity contribution in [1.29, 1.82) is 0 Å². The summed E-state index contributed by atoms with van der Waals surface area (Å²) in [5, 5.41) is 7.12. The summed E-state index contributed by atoms with van der Waals surface area (Å²) in [7, 11) is 1.85. The molecule has 116 valence electrons. The third-order valence-electron chi connectivity index (χ3n) is 4.00. The van der Waals surface area contributed by atoms with Gasteiger partial charge in [-0.3, -0.25) is 0 Å². The van der Waals surface area contributed by atoms with Crippen molar-refractivity contribution in [2.24, 2.45) is 0 Å². The number of aromatic nitrogens is 3. The lowest BCUT2D eigenvalue weighted by atomic mass is 10.1. The first-order chi connectivity index (χ1) is 10.3. The lowest BCUT2D eigenvalue weighted by Gasteiger charge is -2.27. The second-order valence-corrected chi connectivity index (χ2v) is 7.00. The molecule has 2 N–H and O–H groups in total. The number of thioether (sulfide) groups is 1. The zero-order valence-electron chi connectivity index (χ0n) is 12.6. The SMILES string of the molecule is CNc1nc(NCC2CCCS2)nc(N2CCCCC2)n1. The molecule has 21 heavy (non-hydrogen) atoms. The number of anilines is 3. The molecule has 0 amide bonds. The molecule has 2 aliphatic rings. The predicted octanol–water partition coefficient (Wildman–Crippen LogP) is 2.21. The Kier molecular flexibility index (Phi) is 5.00. The first kappa shape index (κ1) is 14.7. The van der Waals surface area contributed by atoms with E-state index < -0.39 is 0 Å². The highest BCUT2D eigenvalue weighted by atomic mass is 32.2. The number of piperidine rings is 1. The maximum Gasteiger partial charge on any atom is 0.231 e. The fraction of sp³-hybridized carbons (Fsp3) is 0.786. The maximum atomic E-state index is 4.61. The van der Waals surface area contributed by atoms with Crippen molar-refractivity contribution in [2.75, 3.05) is 48.0 Å². The van der Waals surface area contributed by atoms with Crippen LogP contribution in [0.5, 0.6) is 0 Å². The monoisotopic (exact) mass is 308 g/mol. The van der Waals surface area contributed by atoms with Crippen molar-refractivity contribution in [1.82, 2.24) is 15.0 Å². The van der Waals surface area contributed by atoms with Gasteiger partial charge < -0.3 is 15.5 Å². The first-order valence-electron chi connectivity index (χ1n) is 7.89. The Morgan fingerprint density at radius 1 is 1.10 bits per heavy atom. The zero-order valence-corrected chi connectivity index (χ0v) is 13.5. The third-order valence-corrected chi connectivity index (χ3v) is 5.40. The van der Waals surface area contributed by atoms with Gasteiger partial charge >= 0.3 is 0 Å². The van der Waals surface area contributed by atoms with Gasteiger partial charge in [0.05, 0.1) is 0 Å². The van der Waals surface area contributed by atoms with E-state index >= 15 is 0 Å². The second-order valence-electron chi connectivity index (χ2n) is 5.60. The molecule has 0 bridgehead atoms. The van der Waals surface area contributed by atoms with Crippen LogP contribution in [0.15, 0.2) is 0 Å². The predicted molar refractivity (Wildman–Crippen MR) is 89.4 cm³/mol. The molecule has 3 heterocycles. The van der Waals surface area contributed by atoms with Crippen LogP contribution >= 0.6 is 11.8 Å². The van der Waals surface area contributed by atoms with E-state index in [-0.39, 0.29) is 0 Å². The second kappa shape index (κ2) is 7.15. The molecule has 1 unspecified atom stereocenters. The summed E-state index contributed by atoms with van der Waals surface area (Å²) in [5.74, 6) is 3.43. The van der Waals surface area contributed by atoms with Gasteiger partial charge in [0.2, 0.25) is 17.8 Å². The molecule has 2 fully saturated rings. The van der Waals surface area contributed by atoms with Crippen LogP contribution in [-0.2, 0) is 0 Å². The van der Waals surface area contributed by atoms with Crippen LogP contribution in [0.1, 0.15) is 32.1 Å². The molecule has 0 saturated carbocycles. The Labute approximate surface area is 130 Å². The molecule has 3 rings (SSSR count). The summed E-state index contributed by atoms with van der Waals surface area (Å²) in [6, 6.07) is 0. The summed E-state index contributed by atoms with van der Waals surface area (Å²) in [4.78, 5) is 15.8. The fourth-order valence-electron chi connectivity index (χ4n) is 2.80. The van der Waals surface area contributed by atoms with Crippen molar-refractivity contribution in [3.05, 3.63) is 0 Å². The molecule has 1 aromatic heterocycles. The van der Waals surface area contributed by atoms with Gasteiger partial charge in [0.15, 0.2) is 0 Å². The van der Waals surface area contributed by atoms with E-state index in [0.29, 0.717) is 17.1 Å². The minimum absolute atomic E-state index is 0.646. The molecule has 2 saturated heterocycles. The summed E-state index contributed by atoms with van der Waals surface area (Å²) in [6.45, 7) is 3.04. The smallest absolute Gasteiger partial charge is 0.231 e. The number of rotatable bonds is 5. The van der Waals surface area contributed by atoms with Gasteiger partial charge in [0.25, 0.3) is 0 Å². The Bertz CT molecular complexity index is 457. The van der Waals surface area contributed by atoms with Crippen molar-refractivity contribution in [2.45, 2.75) is 37.4 Å². The average Bonchev–Trinajstić information content (AvgIpc) is 3.07. The average molecular weight is 308 g/mol. The minimum Gasteiger partial charge on any atom is -0.357 e. The molecule has 7 heteroatoms. The molecule has 2 aliphatic heterocycles. The van der Waals surface area contributed by atoms with Crippen molar-refractivity contribution >= 4 is 29.6 Å². The zero-order chi connectivity index (χ0) is 14.5. The Morgan fingerprint density at radius 3 is 2.62 bits per heavy atom. The fourth-order valence-corrected chi connectivity index (χ4v) is 4.00. The van der Waals surface area contributed by atoms with Gasteiger partial charge in [-0.15, -0.1) is 0 Å². The Balaban J connectivity index is 1.69. The van der Waals surface area contributed by atoms with Gasteiger partial charge in [-0.05, 0) is 37.9 Å². The highest BCUT2D eigenvalue weighted by molar-refractivity contribution is 8.00. The van der Waals surface area contributed by atoms with E-state index in [1.165, 1.54) is 37.9 Å². The first-order valence-corrected chi connectivity index (χ1v) is 8.94. The molecule has 1 aromatic rings. The van der Waals surface area contributed by atoms with E-state index in [4.69, 9.17) is 0 Å². The molecule has 1 atom stereocenters. The third kappa shape index (κ3) is 3.90. The molecular weight excluding hydrogens is 284 g/mol. The van der Waals surface area contributed by atoms with E-state index in [2.05, 4.69) is 30.5 Å². The number of hydrogen-bond donors (Lipinski definition) is 2. The van der Waals surface area contributed by atoms with Gasteiger partial charge in [-0.2, -0.15) is 26.7 Å². The highest BCUT2D eigenvalue weighted by Crippen LogP contribution is 2.26.